The number of imide groups is 1. The molecule has 12 heteroatoms. The molecule has 3 amide bonds. The number of carbonyl (C=O) groups is 2. The van der Waals surface area contributed by atoms with Crippen LogP contribution >= 0.6 is 11.6 Å². The number of pyridine rings is 1. The van der Waals surface area contributed by atoms with Gasteiger partial charge < -0.3 is 10.1 Å². The van der Waals surface area contributed by atoms with Crippen molar-refractivity contribution in [3.8, 4) is 22.5 Å². The third-order valence-electron chi connectivity index (χ3n) is 5.10. The summed E-state index contributed by atoms with van der Waals surface area (Å²) in [5.41, 5.74) is 0.881. The van der Waals surface area contributed by atoms with Crippen LogP contribution in [0.5, 0.6) is 0 Å². The summed E-state index contributed by atoms with van der Waals surface area (Å²) in [4.78, 5) is 31.9. The van der Waals surface area contributed by atoms with Crippen LogP contribution in [0, 0.1) is 5.82 Å². The van der Waals surface area contributed by atoms with E-state index in [0.717, 1.165) is 17.7 Å². The van der Waals surface area contributed by atoms with E-state index in [9.17, 15) is 14.0 Å². The maximum absolute atomic E-state index is 14.7. The van der Waals surface area contributed by atoms with Gasteiger partial charge in [-0.05, 0) is 56.5 Å². The summed E-state index contributed by atoms with van der Waals surface area (Å²) in [6, 6.07) is 5.44. The maximum atomic E-state index is 14.7. The number of amides is 3. The van der Waals surface area contributed by atoms with Gasteiger partial charge in [-0.2, -0.15) is 4.80 Å². The molecule has 0 bridgehead atoms. The fourth-order valence-electron chi connectivity index (χ4n) is 3.41. The van der Waals surface area contributed by atoms with Gasteiger partial charge >= 0.3 is 12.1 Å². The van der Waals surface area contributed by atoms with E-state index >= 15 is 0 Å². The number of rotatable bonds is 5. The second kappa shape index (κ2) is 9.57. The first-order valence-corrected chi connectivity index (χ1v) is 11.4. The van der Waals surface area contributed by atoms with Crippen LogP contribution in [0.2, 0.25) is 5.02 Å². The Hall–Kier alpha value is -3.60. The number of carbonyl (C=O) groups excluding carboxylic acids is 2. The maximum Gasteiger partial charge on any atom is 0.418 e. The summed E-state index contributed by atoms with van der Waals surface area (Å²) in [6.45, 7) is 5.21. The molecule has 1 aliphatic carbocycles. The molecule has 0 unspecified atom stereocenters. The van der Waals surface area contributed by atoms with Crippen LogP contribution in [-0.4, -0.2) is 53.9 Å². The standard InChI is InChI=1S/C23H25ClFN7O3/c1-23(2,3)35-22(34)32(14-8-9-14)21(33)27-12-18-16(24)10-13(11-26-18)15-6-5-7-17(25)19(15)20-28-30-31(4)29-20/h5-7,10-11,14H,8-9,12H2,1-4H3,(H,27,33). The van der Waals surface area contributed by atoms with Gasteiger partial charge in [-0.3, -0.25) is 4.98 Å². The van der Waals surface area contributed by atoms with Gasteiger partial charge in [0.05, 0.1) is 29.9 Å². The van der Waals surface area contributed by atoms with E-state index in [0.29, 0.717) is 16.8 Å². The SMILES string of the molecule is Cn1nnc(-c2c(F)cccc2-c2cnc(CNC(=O)N(C(=O)OC(C)(C)C)C3CC3)c(Cl)c2)n1. The molecule has 1 N–H and O–H groups in total. The van der Waals surface area contributed by atoms with Gasteiger partial charge in [0.15, 0.2) is 0 Å². The van der Waals surface area contributed by atoms with Gasteiger partial charge in [-0.1, -0.05) is 23.7 Å². The minimum Gasteiger partial charge on any atom is -0.443 e. The van der Waals surface area contributed by atoms with Gasteiger partial charge in [-0.25, -0.2) is 18.9 Å². The predicted octanol–water partition coefficient (Wildman–Crippen LogP) is 4.34. The topological polar surface area (TPSA) is 115 Å². The highest BCUT2D eigenvalue weighted by Crippen LogP contribution is 2.33. The molecular formula is C23H25ClFN7O3. The van der Waals surface area contributed by atoms with Crippen LogP contribution in [0.4, 0.5) is 14.0 Å². The molecule has 1 fully saturated rings. The van der Waals surface area contributed by atoms with Crippen molar-refractivity contribution in [3.63, 3.8) is 0 Å². The number of aromatic nitrogens is 5. The van der Waals surface area contributed by atoms with E-state index in [-0.39, 0.29) is 29.0 Å². The number of halogens is 2. The lowest BCUT2D eigenvalue weighted by Crippen LogP contribution is -2.47. The molecule has 3 aromatic rings. The van der Waals surface area contributed by atoms with Crippen molar-refractivity contribution in [1.82, 2.24) is 35.4 Å². The molecule has 0 saturated heterocycles. The number of ether oxygens (including phenoxy) is 1. The number of benzene rings is 1. The zero-order chi connectivity index (χ0) is 25.3. The molecule has 0 radical (unpaired) electrons. The first-order valence-electron chi connectivity index (χ1n) is 11.0. The highest BCUT2D eigenvalue weighted by Gasteiger charge is 2.39. The van der Waals surface area contributed by atoms with Crippen LogP contribution in [-0.2, 0) is 18.3 Å². The summed E-state index contributed by atoms with van der Waals surface area (Å²) in [5.74, 6) is -0.374. The summed E-state index contributed by atoms with van der Waals surface area (Å²) in [5, 5.41) is 14.7. The number of nitrogens with one attached hydrogen (secondary N) is 1. The van der Waals surface area contributed by atoms with Gasteiger partial charge in [0, 0.05) is 17.8 Å². The Morgan fingerprint density at radius 3 is 2.66 bits per heavy atom. The fourth-order valence-corrected chi connectivity index (χ4v) is 3.64. The number of aryl methyl sites for hydroxylation is 1. The monoisotopic (exact) mass is 501 g/mol. The van der Waals surface area contributed by atoms with Gasteiger partial charge in [0.1, 0.15) is 11.4 Å². The van der Waals surface area contributed by atoms with Crippen molar-refractivity contribution in [1.29, 1.82) is 0 Å². The number of tetrazole rings is 1. The Bertz CT molecular complexity index is 1270. The lowest BCUT2D eigenvalue weighted by Gasteiger charge is -2.26. The highest BCUT2D eigenvalue weighted by molar-refractivity contribution is 6.31. The van der Waals surface area contributed by atoms with E-state index in [1.807, 2.05) is 0 Å². The van der Waals surface area contributed by atoms with Crippen molar-refractivity contribution in [2.45, 2.75) is 51.8 Å². The van der Waals surface area contributed by atoms with Crippen molar-refractivity contribution in [3.05, 3.63) is 47.0 Å². The molecule has 184 valence electrons. The van der Waals surface area contributed by atoms with Crippen LogP contribution in [0.15, 0.2) is 30.5 Å². The first kappa shape index (κ1) is 24.5. The molecule has 0 atom stereocenters. The average Bonchev–Trinajstić information content (AvgIpc) is 3.50. The number of hydrogen-bond acceptors (Lipinski definition) is 7. The summed E-state index contributed by atoms with van der Waals surface area (Å²) in [7, 11) is 1.59. The van der Waals surface area contributed by atoms with Crippen LogP contribution in [0.25, 0.3) is 22.5 Å². The minimum atomic E-state index is -0.720. The first-order chi connectivity index (χ1) is 16.5. The molecule has 1 aliphatic rings. The number of urea groups is 1. The quantitative estimate of drug-likeness (QED) is 0.552. The largest absolute Gasteiger partial charge is 0.443 e. The third kappa shape index (κ3) is 5.73. The van der Waals surface area contributed by atoms with Gasteiger partial charge in [-0.15, -0.1) is 10.2 Å². The molecule has 0 aliphatic heterocycles. The van der Waals surface area contributed by atoms with E-state index in [4.69, 9.17) is 16.3 Å². The molecular weight excluding hydrogens is 477 g/mol. The molecule has 0 spiro atoms. The zero-order valence-electron chi connectivity index (χ0n) is 19.7. The van der Waals surface area contributed by atoms with Crippen molar-refractivity contribution < 1.29 is 18.7 Å². The Balaban J connectivity index is 1.51. The average molecular weight is 502 g/mol. The van der Waals surface area contributed by atoms with Gasteiger partial charge in [0.25, 0.3) is 0 Å². The third-order valence-corrected chi connectivity index (χ3v) is 5.43. The molecule has 4 rings (SSSR count). The lowest BCUT2D eigenvalue weighted by molar-refractivity contribution is 0.0308. The van der Waals surface area contributed by atoms with Crippen LogP contribution in [0.3, 0.4) is 0 Å². The van der Waals surface area contributed by atoms with Crippen LogP contribution < -0.4 is 5.32 Å². The Labute approximate surface area is 206 Å². The van der Waals surface area contributed by atoms with Crippen molar-refractivity contribution in [2.75, 3.05) is 0 Å². The Morgan fingerprint density at radius 1 is 1.31 bits per heavy atom. The van der Waals surface area contributed by atoms with Crippen LogP contribution in [0.1, 0.15) is 39.3 Å². The number of hydrogen-bond donors (Lipinski definition) is 1. The molecule has 1 aromatic carbocycles. The normalized spacial score (nSPS) is 13.4. The smallest absolute Gasteiger partial charge is 0.418 e. The summed E-state index contributed by atoms with van der Waals surface area (Å²) < 4.78 is 20.0. The second-order valence-electron chi connectivity index (χ2n) is 9.16. The molecule has 2 aromatic heterocycles. The van der Waals surface area contributed by atoms with E-state index in [1.54, 1.807) is 46.0 Å². The predicted molar refractivity (Wildman–Crippen MR) is 126 cm³/mol. The lowest BCUT2D eigenvalue weighted by atomic mass is 10.00. The Morgan fingerprint density at radius 2 is 2.06 bits per heavy atom. The second-order valence-corrected chi connectivity index (χ2v) is 9.56. The fraction of sp³-hybridized carbons (Fsp3) is 0.391. The summed E-state index contributed by atoms with van der Waals surface area (Å²) >= 11 is 6.45. The zero-order valence-corrected chi connectivity index (χ0v) is 20.5. The number of nitrogens with zero attached hydrogens (tertiary/aromatic N) is 6. The van der Waals surface area contributed by atoms with E-state index in [2.05, 4.69) is 25.7 Å². The molecule has 10 nitrogen and oxygen atoms in total. The highest BCUT2D eigenvalue weighted by atomic mass is 35.5. The molecule has 1 saturated carbocycles. The molecule has 35 heavy (non-hydrogen) atoms. The van der Waals surface area contributed by atoms with E-state index < -0.39 is 23.5 Å². The van der Waals surface area contributed by atoms with Gasteiger partial charge in [0.2, 0.25) is 5.82 Å². The Kier molecular flexibility index (Phi) is 6.70. The summed E-state index contributed by atoms with van der Waals surface area (Å²) in [6.07, 6.45) is 2.30. The van der Waals surface area contributed by atoms with Crippen molar-refractivity contribution >= 4 is 23.7 Å². The molecule has 2 heterocycles. The van der Waals surface area contributed by atoms with Crippen molar-refractivity contribution in [2.24, 2.45) is 7.05 Å². The minimum absolute atomic E-state index is 0.00825. The van der Waals surface area contributed by atoms with E-state index in [1.165, 1.54) is 17.1 Å².